The third-order valence-electron chi connectivity index (χ3n) is 3.04. The highest BCUT2D eigenvalue weighted by atomic mass is 16.4. The van der Waals surface area contributed by atoms with Crippen LogP contribution in [0, 0.1) is 5.92 Å². The zero-order valence-electron chi connectivity index (χ0n) is 9.61. The van der Waals surface area contributed by atoms with Gasteiger partial charge in [0.2, 0.25) is 0 Å². The molecule has 0 aromatic carbocycles. The van der Waals surface area contributed by atoms with Gasteiger partial charge in [-0.3, -0.25) is 14.5 Å². The molecule has 0 aliphatic carbocycles. The highest BCUT2D eigenvalue weighted by Crippen LogP contribution is 2.28. The molecule has 1 saturated heterocycles. The summed E-state index contributed by atoms with van der Waals surface area (Å²) in [5.74, 6) is -1.72. The average Bonchev–Trinajstić information content (AvgIpc) is 2.42. The normalized spacial score (nSPS) is 25.1. The number of imide groups is 1. The number of nitrogens with zero attached hydrogens (tertiary/aromatic N) is 1. The van der Waals surface area contributed by atoms with E-state index in [0.29, 0.717) is 6.42 Å². The van der Waals surface area contributed by atoms with Crippen LogP contribution in [-0.4, -0.2) is 40.0 Å². The Morgan fingerprint density at radius 3 is 2.38 bits per heavy atom. The van der Waals surface area contributed by atoms with Gasteiger partial charge >= 0.3 is 12.0 Å². The minimum Gasteiger partial charge on any atom is -0.480 e. The molecule has 0 aromatic heterocycles. The van der Waals surface area contributed by atoms with E-state index < -0.39 is 30.0 Å². The molecule has 1 fully saturated rings. The summed E-state index contributed by atoms with van der Waals surface area (Å²) in [6, 6.07) is -0.622. The zero-order valence-corrected chi connectivity index (χ0v) is 9.61. The fourth-order valence-electron chi connectivity index (χ4n) is 1.96. The first-order valence-corrected chi connectivity index (χ1v) is 5.21. The summed E-state index contributed by atoms with van der Waals surface area (Å²) >= 11 is 0. The molecule has 1 atom stereocenters. The number of nitrogens with one attached hydrogen (secondary N) is 1. The van der Waals surface area contributed by atoms with Crippen molar-refractivity contribution in [2.75, 3.05) is 6.54 Å². The van der Waals surface area contributed by atoms with E-state index in [1.54, 1.807) is 6.92 Å². The van der Waals surface area contributed by atoms with Gasteiger partial charge in [0.25, 0.3) is 5.91 Å². The van der Waals surface area contributed by atoms with Crippen LogP contribution in [0.3, 0.4) is 0 Å². The van der Waals surface area contributed by atoms with Crippen molar-refractivity contribution < 1.29 is 19.5 Å². The van der Waals surface area contributed by atoms with Crippen LogP contribution in [0.1, 0.15) is 27.2 Å². The summed E-state index contributed by atoms with van der Waals surface area (Å²) in [7, 11) is 0. The largest absolute Gasteiger partial charge is 0.480 e. The number of rotatable bonds is 4. The summed E-state index contributed by atoms with van der Waals surface area (Å²) in [5.41, 5.74) is -0.952. The molecule has 1 aliphatic heterocycles. The Morgan fingerprint density at radius 1 is 1.50 bits per heavy atom. The van der Waals surface area contributed by atoms with Gasteiger partial charge < -0.3 is 10.4 Å². The number of amides is 3. The Morgan fingerprint density at radius 2 is 2.06 bits per heavy atom. The maximum atomic E-state index is 12.0. The highest BCUT2D eigenvalue weighted by molar-refractivity contribution is 6.08. The van der Waals surface area contributed by atoms with Crippen molar-refractivity contribution in [3.05, 3.63) is 0 Å². The van der Waals surface area contributed by atoms with E-state index in [9.17, 15) is 14.4 Å². The molecule has 6 nitrogen and oxygen atoms in total. The van der Waals surface area contributed by atoms with Crippen LogP contribution in [-0.2, 0) is 9.59 Å². The first-order chi connectivity index (χ1) is 7.35. The third-order valence-corrected chi connectivity index (χ3v) is 3.04. The molecule has 1 unspecified atom stereocenters. The van der Waals surface area contributed by atoms with Crippen LogP contribution in [0.4, 0.5) is 4.79 Å². The van der Waals surface area contributed by atoms with Crippen molar-refractivity contribution in [1.82, 2.24) is 10.2 Å². The van der Waals surface area contributed by atoms with Crippen LogP contribution in [0.15, 0.2) is 0 Å². The van der Waals surface area contributed by atoms with Gasteiger partial charge in [-0.25, -0.2) is 4.79 Å². The van der Waals surface area contributed by atoms with Gasteiger partial charge in [0.15, 0.2) is 0 Å². The van der Waals surface area contributed by atoms with Crippen molar-refractivity contribution in [3.63, 3.8) is 0 Å². The van der Waals surface area contributed by atoms with Gasteiger partial charge in [0.1, 0.15) is 12.1 Å². The SMILES string of the molecule is CCC1(C(C)C)NC(=O)N(CC(=O)O)C1=O. The third kappa shape index (κ3) is 1.75. The Balaban J connectivity index is 3.00. The molecule has 0 spiro atoms. The molecule has 90 valence electrons. The minimum absolute atomic E-state index is 0.0762. The van der Waals surface area contributed by atoms with Gasteiger partial charge in [0, 0.05) is 0 Å². The van der Waals surface area contributed by atoms with E-state index in [0.717, 1.165) is 4.90 Å². The Kier molecular flexibility index (Phi) is 3.21. The minimum atomic E-state index is -1.20. The molecule has 0 radical (unpaired) electrons. The summed E-state index contributed by atoms with van der Waals surface area (Å²) in [4.78, 5) is 34.9. The monoisotopic (exact) mass is 228 g/mol. The second-order valence-corrected chi connectivity index (χ2v) is 4.19. The van der Waals surface area contributed by atoms with E-state index in [1.165, 1.54) is 0 Å². The fraction of sp³-hybridized carbons (Fsp3) is 0.700. The molecular weight excluding hydrogens is 212 g/mol. The molecular formula is C10H16N2O4. The predicted molar refractivity (Wildman–Crippen MR) is 55.7 cm³/mol. The van der Waals surface area contributed by atoms with E-state index in [2.05, 4.69) is 5.32 Å². The van der Waals surface area contributed by atoms with Crippen LogP contribution in [0.2, 0.25) is 0 Å². The number of hydrogen-bond acceptors (Lipinski definition) is 3. The van der Waals surface area contributed by atoms with Crippen molar-refractivity contribution >= 4 is 17.9 Å². The van der Waals surface area contributed by atoms with E-state index in [-0.39, 0.29) is 5.92 Å². The van der Waals surface area contributed by atoms with Crippen molar-refractivity contribution in [3.8, 4) is 0 Å². The smallest absolute Gasteiger partial charge is 0.325 e. The second kappa shape index (κ2) is 4.11. The Bertz CT molecular complexity index is 340. The van der Waals surface area contributed by atoms with Crippen LogP contribution >= 0.6 is 0 Å². The first-order valence-electron chi connectivity index (χ1n) is 5.21. The number of hydrogen-bond donors (Lipinski definition) is 2. The number of carbonyl (C=O) groups is 3. The molecule has 1 aliphatic rings. The summed E-state index contributed by atoms with van der Waals surface area (Å²) in [5, 5.41) is 11.2. The molecule has 0 saturated carbocycles. The number of carboxylic acid groups (broad SMARTS) is 1. The zero-order chi connectivity index (χ0) is 12.5. The first kappa shape index (κ1) is 12.5. The van der Waals surface area contributed by atoms with Crippen molar-refractivity contribution in [2.24, 2.45) is 5.92 Å². The maximum Gasteiger partial charge on any atom is 0.325 e. The maximum absolute atomic E-state index is 12.0. The molecule has 1 rings (SSSR count). The van der Waals surface area contributed by atoms with Crippen LogP contribution in [0.5, 0.6) is 0 Å². The standard InChI is InChI=1S/C10H16N2O4/c1-4-10(6(2)3)8(15)12(5-7(13)14)9(16)11-10/h6H,4-5H2,1-3H3,(H,11,16)(H,13,14). The van der Waals surface area contributed by atoms with Crippen LogP contribution in [0.25, 0.3) is 0 Å². The van der Waals surface area contributed by atoms with Gasteiger partial charge in [-0.15, -0.1) is 0 Å². The average molecular weight is 228 g/mol. The van der Waals surface area contributed by atoms with Crippen molar-refractivity contribution in [1.29, 1.82) is 0 Å². The van der Waals surface area contributed by atoms with Gasteiger partial charge in [-0.2, -0.15) is 0 Å². The number of aliphatic carboxylic acids is 1. The summed E-state index contributed by atoms with van der Waals surface area (Å²) in [6.45, 7) is 4.86. The van der Waals surface area contributed by atoms with Crippen LogP contribution < -0.4 is 5.32 Å². The number of carboxylic acids is 1. The number of urea groups is 1. The van der Waals surface area contributed by atoms with E-state index in [4.69, 9.17) is 5.11 Å². The summed E-state index contributed by atoms with van der Waals surface area (Å²) in [6.07, 6.45) is 0.450. The molecule has 6 heteroatoms. The van der Waals surface area contributed by atoms with Crippen molar-refractivity contribution in [2.45, 2.75) is 32.7 Å². The van der Waals surface area contributed by atoms with E-state index >= 15 is 0 Å². The lowest BCUT2D eigenvalue weighted by Crippen LogP contribution is -2.51. The lowest BCUT2D eigenvalue weighted by molar-refractivity contribution is -0.143. The molecule has 16 heavy (non-hydrogen) atoms. The Hall–Kier alpha value is -1.59. The quantitative estimate of drug-likeness (QED) is 0.683. The molecule has 0 bridgehead atoms. The fourth-order valence-corrected chi connectivity index (χ4v) is 1.96. The number of carbonyl (C=O) groups excluding carboxylic acids is 2. The molecule has 1 heterocycles. The van der Waals surface area contributed by atoms with Gasteiger partial charge in [-0.1, -0.05) is 20.8 Å². The molecule has 0 aromatic rings. The van der Waals surface area contributed by atoms with Gasteiger partial charge in [-0.05, 0) is 12.3 Å². The molecule has 3 amide bonds. The second-order valence-electron chi connectivity index (χ2n) is 4.19. The lowest BCUT2D eigenvalue weighted by Gasteiger charge is -2.29. The topological polar surface area (TPSA) is 86.7 Å². The predicted octanol–water partition coefficient (Wildman–Crippen LogP) is 0.428. The Labute approximate surface area is 93.6 Å². The summed E-state index contributed by atoms with van der Waals surface area (Å²) < 4.78 is 0. The lowest BCUT2D eigenvalue weighted by atomic mass is 9.84. The van der Waals surface area contributed by atoms with Gasteiger partial charge in [0.05, 0.1) is 0 Å². The molecule has 2 N–H and O–H groups in total. The highest BCUT2D eigenvalue weighted by Gasteiger charge is 2.52. The van der Waals surface area contributed by atoms with E-state index in [1.807, 2.05) is 13.8 Å².